The van der Waals surface area contributed by atoms with Crippen LogP contribution in [0, 0.1) is 3.57 Å². The largest absolute Gasteiger partial charge is 0.400 e. The standard InChI is InChI=1S/C10H6BrF2INO4PS/c11-6-4-1-3(9(15)16)2-5(14)7(4)21-8(6)10(12,13)20(17,18)19/h1-2H,(H2,15,16)(H2,17,18,19). The zero-order valence-electron chi connectivity index (χ0n) is 9.81. The average molecular weight is 512 g/mol. The van der Waals surface area contributed by atoms with Crippen LogP contribution in [0.5, 0.6) is 0 Å². The summed E-state index contributed by atoms with van der Waals surface area (Å²) in [6, 6.07) is 2.73. The van der Waals surface area contributed by atoms with E-state index in [1.807, 2.05) is 22.6 Å². The van der Waals surface area contributed by atoms with E-state index in [4.69, 9.17) is 15.5 Å². The van der Waals surface area contributed by atoms with Crippen molar-refractivity contribution in [2.75, 3.05) is 0 Å². The molecule has 0 bridgehead atoms. The number of nitrogens with two attached hydrogens (primary N) is 1. The predicted octanol–water partition coefficient (Wildman–Crippen LogP) is 3.59. The Bertz CT molecular complexity index is 806. The van der Waals surface area contributed by atoms with E-state index in [2.05, 4.69) is 15.9 Å². The number of rotatable bonds is 3. The van der Waals surface area contributed by atoms with Gasteiger partial charge in [0.1, 0.15) is 4.88 Å². The molecule has 0 unspecified atom stereocenters. The highest BCUT2D eigenvalue weighted by molar-refractivity contribution is 14.1. The molecule has 0 aliphatic heterocycles. The maximum atomic E-state index is 13.9. The van der Waals surface area contributed by atoms with Gasteiger partial charge in [-0.3, -0.25) is 9.36 Å². The number of carbonyl (C=O) groups excluding carboxylic acids is 1. The van der Waals surface area contributed by atoms with Crippen molar-refractivity contribution in [2.24, 2.45) is 5.73 Å². The third-order valence-electron chi connectivity index (χ3n) is 2.61. The van der Waals surface area contributed by atoms with Crippen molar-refractivity contribution in [1.82, 2.24) is 0 Å². The Morgan fingerprint density at radius 1 is 1.43 bits per heavy atom. The maximum Gasteiger partial charge on any atom is 0.400 e. The SMILES string of the molecule is NC(=O)c1cc(I)c2sc(C(F)(F)P(=O)(O)O)c(Br)c2c1. The smallest absolute Gasteiger partial charge is 0.366 e. The average Bonchev–Trinajstić information content (AvgIpc) is 2.66. The summed E-state index contributed by atoms with van der Waals surface area (Å²) in [4.78, 5) is 28.1. The first-order chi connectivity index (χ1) is 9.46. The Morgan fingerprint density at radius 2 is 2.00 bits per heavy atom. The van der Waals surface area contributed by atoms with Gasteiger partial charge in [0.15, 0.2) is 0 Å². The molecule has 0 fully saturated rings. The molecule has 5 nitrogen and oxygen atoms in total. The molecule has 2 aromatic rings. The van der Waals surface area contributed by atoms with Crippen LogP contribution in [0.3, 0.4) is 0 Å². The highest BCUT2D eigenvalue weighted by atomic mass is 127. The number of alkyl halides is 2. The van der Waals surface area contributed by atoms with E-state index < -0.39 is 24.0 Å². The van der Waals surface area contributed by atoms with Crippen LogP contribution in [-0.4, -0.2) is 15.7 Å². The van der Waals surface area contributed by atoms with Crippen molar-refractivity contribution < 1.29 is 27.9 Å². The van der Waals surface area contributed by atoms with E-state index in [9.17, 15) is 18.1 Å². The minimum Gasteiger partial charge on any atom is -0.366 e. The Balaban J connectivity index is 2.81. The van der Waals surface area contributed by atoms with Crippen molar-refractivity contribution in [1.29, 1.82) is 0 Å². The predicted molar refractivity (Wildman–Crippen MR) is 86.7 cm³/mol. The molecular weight excluding hydrogens is 506 g/mol. The van der Waals surface area contributed by atoms with E-state index in [0.717, 1.165) is 0 Å². The molecule has 1 amide bonds. The van der Waals surface area contributed by atoms with Crippen LogP contribution in [0.15, 0.2) is 16.6 Å². The molecule has 0 spiro atoms. The van der Waals surface area contributed by atoms with Gasteiger partial charge in [-0.25, -0.2) is 0 Å². The summed E-state index contributed by atoms with van der Waals surface area (Å²) in [6.07, 6.45) is 0. The van der Waals surface area contributed by atoms with Crippen LogP contribution in [0.25, 0.3) is 10.1 Å². The number of amides is 1. The number of thiophene rings is 1. The van der Waals surface area contributed by atoms with Crippen LogP contribution in [0.4, 0.5) is 8.78 Å². The quantitative estimate of drug-likeness (QED) is 0.433. The van der Waals surface area contributed by atoms with Crippen molar-refractivity contribution in [3.05, 3.63) is 30.6 Å². The van der Waals surface area contributed by atoms with Crippen LogP contribution in [0.2, 0.25) is 0 Å². The van der Waals surface area contributed by atoms with E-state index in [1.165, 1.54) is 12.1 Å². The molecule has 0 saturated heterocycles. The lowest BCUT2D eigenvalue weighted by molar-refractivity contribution is 0.0595. The third-order valence-corrected chi connectivity index (χ3v) is 7.33. The van der Waals surface area contributed by atoms with Gasteiger partial charge in [-0.15, -0.1) is 11.3 Å². The molecule has 21 heavy (non-hydrogen) atoms. The fourth-order valence-corrected chi connectivity index (χ4v) is 5.47. The van der Waals surface area contributed by atoms with E-state index in [-0.39, 0.29) is 15.4 Å². The summed E-state index contributed by atoms with van der Waals surface area (Å²) in [5, 5.41) is 0.254. The second-order valence-corrected chi connectivity index (χ2v) is 8.65. The van der Waals surface area contributed by atoms with Crippen LogP contribution < -0.4 is 5.73 Å². The molecule has 0 radical (unpaired) electrons. The first kappa shape index (κ1) is 17.2. The summed E-state index contributed by atoms with van der Waals surface area (Å²) >= 11 is 5.32. The second kappa shape index (κ2) is 5.50. The van der Waals surface area contributed by atoms with Gasteiger partial charge >= 0.3 is 13.3 Å². The number of benzene rings is 1. The highest BCUT2D eigenvalue weighted by Crippen LogP contribution is 2.63. The Hall–Kier alpha value is -0.130. The lowest BCUT2D eigenvalue weighted by Gasteiger charge is -2.16. The molecule has 1 heterocycles. The monoisotopic (exact) mass is 511 g/mol. The molecule has 2 rings (SSSR count). The third kappa shape index (κ3) is 2.89. The summed E-state index contributed by atoms with van der Waals surface area (Å²) < 4.78 is 39.5. The van der Waals surface area contributed by atoms with Gasteiger partial charge in [0.25, 0.3) is 0 Å². The number of fused-ring (bicyclic) bond motifs is 1. The summed E-state index contributed by atoms with van der Waals surface area (Å²) in [5.74, 6) is -0.726. The summed E-state index contributed by atoms with van der Waals surface area (Å²) in [6.45, 7) is 0. The van der Waals surface area contributed by atoms with Gasteiger partial charge in [-0.1, -0.05) is 0 Å². The number of hydrogen-bond acceptors (Lipinski definition) is 3. The van der Waals surface area contributed by atoms with E-state index in [1.54, 1.807) is 0 Å². The Morgan fingerprint density at radius 3 is 2.48 bits per heavy atom. The Labute approximate surface area is 142 Å². The molecule has 0 saturated carbocycles. The zero-order valence-corrected chi connectivity index (χ0v) is 15.3. The molecule has 0 atom stereocenters. The first-order valence-electron chi connectivity index (χ1n) is 5.12. The minimum atomic E-state index is -5.67. The van der Waals surface area contributed by atoms with Crippen molar-refractivity contribution in [3.8, 4) is 0 Å². The highest BCUT2D eigenvalue weighted by Gasteiger charge is 2.53. The topological polar surface area (TPSA) is 101 Å². The van der Waals surface area contributed by atoms with Gasteiger partial charge in [0.05, 0.1) is 0 Å². The molecule has 4 N–H and O–H groups in total. The Kier molecular flexibility index (Phi) is 4.51. The van der Waals surface area contributed by atoms with Gasteiger partial charge < -0.3 is 15.5 Å². The second-order valence-electron chi connectivity index (χ2n) is 4.03. The summed E-state index contributed by atoms with van der Waals surface area (Å²) in [5.41, 5.74) is 0.966. The number of primary amides is 1. The van der Waals surface area contributed by atoms with Crippen LogP contribution in [0.1, 0.15) is 15.2 Å². The minimum absolute atomic E-state index is 0.122. The fourth-order valence-electron chi connectivity index (χ4n) is 1.60. The lowest BCUT2D eigenvalue weighted by Crippen LogP contribution is -2.12. The van der Waals surface area contributed by atoms with Crippen LogP contribution in [-0.2, 0) is 10.2 Å². The molecule has 0 aliphatic carbocycles. The van der Waals surface area contributed by atoms with E-state index in [0.29, 0.717) is 19.6 Å². The van der Waals surface area contributed by atoms with Gasteiger partial charge in [-0.2, -0.15) is 8.78 Å². The molecule has 1 aromatic carbocycles. The number of hydrogen-bond donors (Lipinski definition) is 3. The molecule has 114 valence electrons. The fraction of sp³-hybridized carbons (Fsp3) is 0.100. The first-order valence-corrected chi connectivity index (χ1v) is 9.42. The van der Waals surface area contributed by atoms with Gasteiger partial charge in [0, 0.05) is 23.7 Å². The summed E-state index contributed by atoms with van der Waals surface area (Å²) in [7, 11) is -5.67. The maximum absolute atomic E-state index is 13.9. The lowest BCUT2D eigenvalue weighted by atomic mass is 10.1. The van der Waals surface area contributed by atoms with Crippen molar-refractivity contribution >= 4 is 73.4 Å². The number of halogens is 4. The van der Waals surface area contributed by atoms with Crippen LogP contribution >= 0.6 is 57.5 Å². The number of carbonyl (C=O) groups is 1. The molecule has 1 aromatic heterocycles. The van der Waals surface area contributed by atoms with Gasteiger partial charge in [-0.05, 0) is 50.7 Å². The van der Waals surface area contributed by atoms with E-state index >= 15 is 0 Å². The van der Waals surface area contributed by atoms with Gasteiger partial charge in [0.2, 0.25) is 5.91 Å². The molecular formula is C10H6BrF2INO4PS. The van der Waals surface area contributed by atoms with Crippen molar-refractivity contribution in [2.45, 2.75) is 5.66 Å². The molecule has 0 aliphatic rings. The normalized spacial score (nSPS) is 12.9. The zero-order chi connectivity index (χ0) is 16.2. The molecule has 11 heteroatoms. The van der Waals surface area contributed by atoms with Crippen molar-refractivity contribution in [3.63, 3.8) is 0 Å².